The zero-order valence-electron chi connectivity index (χ0n) is 22.3. The zero-order valence-corrected chi connectivity index (χ0v) is 25.3. The molecule has 1 fully saturated rings. The van der Waals surface area contributed by atoms with Crippen molar-refractivity contribution in [2.75, 3.05) is 24.2 Å². The van der Waals surface area contributed by atoms with Crippen molar-refractivity contribution < 1.29 is 22.7 Å². The number of amides is 2. The summed E-state index contributed by atoms with van der Waals surface area (Å²) in [5.74, 6) is -0.612. The SMILES string of the molecule is CC[C@H](C(=O)NC1CCCCC1)N(Cc1ccc(Cl)c(Cl)c1)C(=O)CN(c1cc(Cl)ccc1OC)S(C)(=O)=O. The van der Waals surface area contributed by atoms with Gasteiger partial charge in [0.05, 0.1) is 29.1 Å². The highest BCUT2D eigenvalue weighted by Crippen LogP contribution is 2.33. The third-order valence-electron chi connectivity index (χ3n) is 6.76. The Morgan fingerprint density at radius 2 is 1.74 bits per heavy atom. The van der Waals surface area contributed by atoms with Gasteiger partial charge < -0.3 is 15.0 Å². The fourth-order valence-corrected chi connectivity index (χ4v) is 6.08. The molecular weight excluding hydrogens is 585 g/mol. The van der Waals surface area contributed by atoms with Crippen LogP contribution < -0.4 is 14.4 Å². The molecule has 1 aliphatic rings. The van der Waals surface area contributed by atoms with Crippen molar-refractivity contribution in [3.63, 3.8) is 0 Å². The summed E-state index contributed by atoms with van der Waals surface area (Å²) in [7, 11) is -2.55. The molecule has 0 radical (unpaired) electrons. The van der Waals surface area contributed by atoms with Gasteiger partial charge in [-0.15, -0.1) is 0 Å². The molecule has 0 unspecified atom stereocenters. The Bertz CT molecular complexity index is 1290. The van der Waals surface area contributed by atoms with Gasteiger partial charge in [-0.25, -0.2) is 8.42 Å². The van der Waals surface area contributed by atoms with Crippen LogP contribution in [0.4, 0.5) is 5.69 Å². The van der Waals surface area contributed by atoms with Crippen LogP contribution in [0, 0.1) is 0 Å². The Hall–Kier alpha value is -2.20. The summed E-state index contributed by atoms with van der Waals surface area (Å²) >= 11 is 18.5. The van der Waals surface area contributed by atoms with Crippen molar-refractivity contribution in [2.24, 2.45) is 0 Å². The molecule has 214 valence electrons. The summed E-state index contributed by atoms with van der Waals surface area (Å²) in [6, 6.07) is 8.68. The lowest BCUT2D eigenvalue weighted by Gasteiger charge is -2.34. The normalized spacial score (nSPS) is 14.9. The number of sulfonamides is 1. The van der Waals surface area contributed by atoms with E-state index in [0.717, 1.165) is 42.7 Å². The molecule has 8 nitrogen and oxygen atoms in total. The first-order chi connectivity index (χ1) is 18.4. The van der Waals surface area contributed by atoms with Gasteiger partial charge in [-0.1, -0.05) is 67.1 Å². The number of rotatable bonds is 11. The summed E-state index contributed by atoms with van der Waals surface area (Å²) in [6.07, 6.45) is 6.32. The molecule has 12 heteroatoms. The van der Waals surface area contributed by atoms with Gasteiger partial charge in [0.1, 0.15) is 18.3 Å². The molecule has 2 aromatic carbocycles. The maximum Gasteiger partial charge on any atom is 0.244 e. The molecule has 0 bridgehead atoms. The lowest BCUT2D eigenvalue weighted by atomic mass is 9.95. The van der Waals surface area contributed by atoms with Gasteiger partial charge in [0, 0.05) is 17.6 Å². The molecule has 1 N–H and O–H groups in total. The first kappa shape index (κ1) is 31.3. The Kier molecular flexibility index (Phi) is 11.2. The van der Waals surface area contributed by atoms with Crippen LogP contribution in [0.3, 0.4) is 0 Å². The average Bonchev–Trinajstić information content (AvgIpc) is 2.89. The molecule has 1 atom stereocenters. The number of nitrogens with zero attached hydrogens (tertiary/aromatic N) is 2. The zero-order chi connectivity index (χ0) is 28.7. The first-order valence-electron chi connectivity index (χ1n) is 12.8. The molecule has 0 aromatic heterocycles. The van der Waals surface area contributed by atoms with E-state index in [1.807, 2.05) is 6.92 Å². The summed E-state index contributed by atoms with van der Waals surface area (Å²) < 4.78 is 32.1. The fourth-order valence-electron chi connectivity index (χ4n) is 4.75. The number of methoxy groups -OCH3 is 1. The van der Waals surface area contributed by atoms with E-state index in [0.29, 0.717) is 22.0 Å². The molecule has 3 rings (SSSR count). The Balaban J connectivity index is 1.98. The molecule has 0 spiro atoms. The van der Waals surface area contributed by atoms with Crippen molar-refractivity contribution in [3.8, 4) is 5.75 Å². The number of anilines is 1. The van der Waals surface area contributed by atoms with Gasteiger partial charge in [0.2, 0.25) is 21.8 Å². The molecule has 1 saturated carbocycles. The Morgan fingerprint density at radius 1 is 1.05 bits per heavy atom. The minimum atomic E-state index is -3.95. The van der Waals surface area contributed by atoms with E-state index in [-0.39, 0.29) is 35.0 Å². The van der Waals surface area contributed by atoms with Crippen molar-refractivity contribution in [2.45, 2.75) is 64.1 Å². The van der Waals surface area contributed by atoms with E-state index >= 15 is 0 Å². The van der Waals surface area contributed by atoms with Gasteiger partial charge in [-0.05, 0) is 55.2 Å². The van der Waals surface area contributed by atoms with Crippen molar-refractivity contribution in [3.05, 3.63) is 57.0 Å². The second-order valence-corrected chi connectivity index (χ2v) is 12.8. The highest BCUT2D eigenvalue weighted by atomic mass is 35.5. The summed E-state index contributed by atoms with van der Waals surface area (Å²) in [4.78, 5) is 28.8. The van der Waals surface area contributed by atoms with Crippen LogP contribution in [0.1, 0.15) is 51.0 Å². The standard InChI is InChI=1S/C27H34Cl3N3O5S/c1-4-23(27(35)31-20-8-6-5-7-9-20)32(16-18-10-12-21(29)22(30)14-18)26(34)17-33(39(3,36)37)24-15-19(28)11-13-25(24)38-2/h10-15,20,23H,4-9,16-17H2,1-3H3,(H,31,35)/t23-/m1/s1. The van der Waals surface area contributed by atoms with Gasteiger partial charge in [-0.2, -0.15) is 0 Å². The minimum absolute atomic E-state index is 0.0244. The summed E-state index contributed by atoms with van der Waals surface area (Å²) in [5.41, 5.74) is 0.767. The number of nitrogens with one attached hydrogen (secondary N) is 1. The third kappa shape index (κ3) is 8.39. The molecule has 2 amide bonds. The van der Waals surface area contributed by atoms with Gasteiger partial charge in [-0.3, -0.25) is 13.9 Å². The van der Waals surface area contributed by atoms with Crippen LogP contribution in [0.2, 0.25) is 15.1 Å². The van der Waals surface area contributed by atoms with Crippen molar-refractivity contribution >= 4 is 62.3 Å². The quantitative estimate of drug-likeness (QED) is 0.350. The highest BCUT2D eigenvalue weighted by molar-refractivity contribution is 7.92. The maximum atomic E-state index is 13.9. The van der Waals surface area contributed by atoms with Gasteiger partial charge >= 0.3 is 0 Å². The Morgan fingerprint density at radius 3 is 2.33 bits per heavy atom. The first-order valence-corrected chi connectivity index (χ1v) is 15.8. The largest absolute Gasteiger partial charge is 0.495 e. The van der Waals surface area contributed by atoms with Crippen molar-refractivity contribution in [1.29, 1.82) is 0 Å². The molecule has 0 saturated heterocycles. The predicted octanol–water partition coefficient (Wildman–Crippen LogP) is 5.68. The van der Waals surface area contributed by atoms with E-state index in [9.17, 15) is 18.0 Å². The molecule has 2 aromatic rings. The molecule has 39 heavy (non-hydrogen) atoms. The van der Waals surface area contributed by atoms with Gasteiger partial charge in [0.25, 0.3) is 0 Å². The van der Waals surface area contributed by atoms with E-state index in [2.05, 4.69) is 5.32 Å². The van der Waals surface area contributed by atoms with Crippen LogP contribution in [-0.4, -0.2) is 57.1 Å². The van der Waals surface area contributed by atoms with Crippen LogP contribution >= 0.6 is 34.8 Å². The van der Waals surface area contributed by atoms with E-state index in [1.165, 1.54) is 24.1 Å². The molecule has 0 heterocycles. The number of benzene rings is 2. The van der Waals surface area contributed by atoms with Crippen LogP contribution in [0.25, 0.3) is 0 Å². The number of hydrogen-bond acceptors (Lipinski definition) is 5. The number of ether oxygens (including phenoxy) is 1. The Labute approximate surface area is 245 Å². The fraction of sp³-hybridized carbons (Fsp3) is 0.481. The summed E-state index contributed by atoms with van der Waals surface area (Å²) in [6.45, 7) is 1.27. The monoisotopic (exact) mass is 617 g/mol. The molecular formula is C27H34Cl3N3O5S. The van der Waals surface area contributed by atoms with Crippen LogP contribution in [0.15, 0.2) is 36.4 Å². The lowest BCUT2D eigenvalue weighted by molar-refractivity contribution is -0.140. The number of hydrogen-bond donors (Lipinski definition) is 1. The maximum absolute atomic E-state index is 13.9. The molecule has 0 aliphatic heterocycles. The van der Waals surface area contributed by atoms with E-state index in [4.69, 9.17) is 39.5 Å². The topological polar surface area (TPSA) is 96.0 Å². The lowest BCUT2D eigenvalue weighted by Crippen LogP contribution is -2.54. The number of carbonyl (C=O) groups excluding carboxylic acids is 2. The van der Waals surface area contributed by atoms with Gasteiger partial charge in [0.15, 0.2) is 0 Å². The summed E-state index contributed by atoms with van der Waals surface area (Å²) in [5, 5.41) is 4.05. The minimum Gasteiger partial charge on any atom is -0.495 e. The number of halogens is 3. The van der Waals surface area contributed by atoms with E-state index < -0.39 is 28.5 Å². The number of carbonyl (C=O) groups is 2. The highest BCUT2D eigenvalue weighted by Gasteiger charge is 2.33. The third-order valence-corrected chi connectivity index (χ3v) is 8.86. The van der Waals surface area contributed by atoms with Crippen LogP contribution in [0.5, 0.6) is 5.75 Å². The smallest absolute Gasteiger partial charge is 0.244 e. The van der Waals surface area contributed by atoms with E-state index in [1.54, 1.807) is 24.3 Å². The second-order valence-electron chi connectivity index (χ2n) is 9.62. The second kappa shape index (κ2) is 13.9. The molecule has 1 aliphatic carbocycles. The average molecular weight is 619 g/mol. The predicted molar refractivity (Wildman–Crippen MR) is 156 cm³/mol. The van der Waals surface area contributed by atoms with Crippen LogP contribution in [-0.2, 0) is 26.2 Å². The van der Waals surface area contributed by atoms with Crippen molar-refractivity contribution in [1.82, 2.24) is 10.2 Å².